The van der Waals surface area contributed by atoms with Gasteiger partial charge in [-0.2, -0.15) is 8.42 Å². The molecule has 0 fully saturated rings. The van der Waals surface area contributed by atoms with Crippen molar-refractivity contribution in [2.24, 2.45) is 0 Å². The van der Waals surface area contributed by atoms with Crippen LogP contribution in [0.25, 0.3) is 0 Å². The summed E-state index contributed by atoms with van der Waals surface area (Å²) in [6.45, 7) is 0. The van der Waals surface area contributed by atoms with Crippen molar-refractivity contribution in [2.45, 2.75) is 9.79 Å². The number of hydrogen-bond acceptors (Lipinski definition) is 7. The molecule has 0 spiro atoms. The van der Waals surface area contributed by atoms with Gasteiger partial charge in [-0.1, -0.05) is 12.1 Å². The van der Waals surface area contributed by atoms with Gasteiger partial charge in [0.05, 0.1) is 32.1 Å². The zero-order valence-corrected chi connectivity index (χ0v) is 13.3. The number of non-ortho nitro benzene ring substituents is 1. The molecule has 9 nitrogen and oxygen atoms in total. The van der Waals surface area contributed by atoms with E-state index in [0.29, 0.717) is 5.56 Å². The van der Waals surface area contributed by atoms with Crippen LogP contribution in [-0.2, 0) is 21.1 Å². The molecule has 2 aromatic carbocycles. The second-order valence-corrected chi connectivity index (χ2v) is 6.59. The maximum atomic E-state index is 12.5. The molecule has 2 aromatic rings. The highest BCUT2D eigenvalue weighted by atomic mass is 32.2. The summed E-state index contributed by atoms with van der Waals surface area (Å²) in [5.74, 6) is 0. The monoisotopic (exact) mass is 368 g/mol. The number of hydrogen-bond donors (Lipinski definition) is 0. The number of benzene rings is 2. The smallest absolute Gasteiger partial charge is 0.258 e. The molecular formula is C13H8N2O7S2. The molecule has 0 radical (unpaired) electrons. The number of nitro groups is 2. The lowest BCUT2D eigenvalue weighted by atomic mass is 10.2. The van der Waals surface area contributed by atoms with Crippen molar-refractivity contribution in [3.63, 3.8) is 0 Å². The standard InChI is InChI=1S/C13H8N2O7S2/c16-14(17)10-3-6-13(12(7-10)15(18)19)24(22)11-4-1-9(2-5-11)8-23(20)21/h1-8H. The van der Waals surface area contributed by atoms with Crippen LogP contribution in [0.3, 0.4) is 0 Å². The van der Waals surface area contributed by atoms with Gasteiger partial charge < -0.3 is 0 Å². The highest BCUT2D eigenvalue weighted by Gasteiger charge is 2.24. The SMILES string of the molecule is O=[N+]([O-])c1ccc(S(=O)c2ccc(C=S(=O)=O)cc2)c([N+](=O)[O-])c1. The largest absolute Gasteiger partial charge is 0.292 e. The lowest BCUT2D eigenvalue weighted by molar-refractivity contribution is -0.396. The summed E-state index contributed by atoms with van der Waals surface area (Å²) in [5.41, 5.74) is -0.758. The van der Waals surface area contributed by atoms with Crippen LogP contribution in [0.5, 0.6) is 0 Å². The van der Waals surface area contributed by atoms with Gasteiger partial charge in [0.1, 0.15) is 4.90 Å². The van der Waals surface area contributed by atoms with Gasteiger partial charge in [0, 0.05) is 11.0 Å². The minimum Gasteiger partial charge on any atom is -0.258 e. The van der Waals surface area contributed by atoms with Gasteiger partial charge in [-0.15, -0.1) is 0 Å². The van der Waals surface area contributed by atoms with E-state index in [1.807, 2.05) is 0 Å². The number of nitrogens with zero attached hydrogens (tertiary/aromatic N) is 2. The average molecular weight is 368 g/mol. The molecular weight excluding hydrogens is 360 g/mol. The van der Waals surface area contributed by atoms with E-state index in [4.69, 9.17) is 0 Å². The predicted octanol–water partition coefficient (Wildman–Crippen LogP) is 1.70. The molecule has 0 saturated heterocycles. The van der Waals surface area contributed by atoms with Crippen molar-refractivity contribution in [3.8, 4) is 0 Å². The van der Waals surface area contributed by atoms with Crippen LogP contribution >= 0.6 is 0 Å². The Kier molecular flexibility index (Phi) is 5.16. The van der Waals surface area contributed by atoms with E-state index in [9.17, 15) is 32.9 Å². The Morgan fingerprint density at radius 3 is 2.00 bits per heavy atom. The van der Waals surface area contributed by atoms with E-state index in [2.05, 4.69) is 0 Å². The van der Waals surface area contributed by atoms with Gasteiger partial charge in [-0.25, -0.2) is 4.21 Å². The molecule has 0 aliphatic rings. The van der Waals surface area contributed by atoms with Crippen LogP contribution in [0.4, 0.5) is 11.4 Å². The van der Waals surface area contributed by atoms with Gasteiger partial charge in [0.15, 0.2) is 0 Å². The van der Waals surface area contributed by atoms with Crippen molar-refractivity contribution in [1.29, 1.82) is 0 Å². The molecule has 0 aromatic heterocycles. The van der Waals surface area contributed by atoms with E-state index in [1.54, 1.807) is 0 Å². The van der Waals surface area contributed by atoms with Gasteiger partial charge in [-0.3, -0.25) is 20.2 Å². The summed E-state index contributed by atoms with van der Waals surface area (Å²) in [6.07, 6.45) is 0. The quantitative estimate of drug-likeness (QED) is 0.445. The van der Waals surface area contributed by atoms with Crippen molar-refractivity contribution < 1.29 is 22.5 Å². The highest BCUT2D eigenvalue weighted by molar-refractivity contribution is 7.85. The Labute approximate surface area is 138 Å². The van der Waals surface area contributed by atoms with Crippen LogP contribution in [0.1, 0.15) is 5.56 Å². The van der Waals surface area contributed by atoms with Crippen LogP contribution in [-0.4, -0.2) is 27.8 Å². The molecule has 124 valence electrons. The Hall–Kier alpha value is -2.92. The molecule has 0 N–H and O–H groups in total. The van der Waals surface area contributed by atoms with Gasteiger partial charge in [0.25, 0.3) is 11.4 Å². The molecule has 0 bridgehead atoms. The van der Waals surface area contributed by atoms with Crippen LogP contribution in [0.15, 0.2) is 52.3 Å². The zero-order chi connectivity index (χ0) is 17.9. The molecule has 11 heteroatoms. The average Bonchev–Trinajstić information content (AvgIpc) is 2.53. The summed E-state index contributed by atoms with van der Waals surface area (Å²) in [4.78, 5) is 20.2. The molecule has 0 saturated carbocycles. The number of nitro benzene ring substituents is 2. The summed E-state index contributed by atoms with van der Waals surface area (Å²) < 4.78 is 33.6. The van der Waals surface area contributed by atoms with E-state index < -0.39 is 42.3 Å². The van der Waals surface area contributed by atoms with Crippen LogP contribution < -0.4 is 0 Å². The summed E-state index contributed by atoms with van der Waals surface area (Å²) in [5, 5.41) is 22.7. The van der Waals surface area contributed by atoms with Crippen molar-refractivity contribution >= 4 is 37.8 Å². The normalized spacial score (nSPS) is 11.5. The second-order valence-electron chi connectivity index (χ2n) is 4.38. The first-order chi connectivity index (χ1) is 11.3. The first-order valence-corrected chi connectivity index (χ1v) is 8.46. The van der Waals surface area contributed by atoms with E-state index in [1.165, 1.54) is 24.3 Å². The molecule has 0 aliphatic heterocycles. The fourth-order valence-corrected chi connectivity index (χ4v) is 3.36. The Morgan fingerprint density at radius 2 is 1.50 bits per heavy atom. The van der Waals surface area contributed by atoms with Gasteiger partial charge in [-0.05, 0) is 23.8 Å². The van der Waals surface area contributed by atoms with E-state index in [0.717, 1.165) is 23.6 Å². The zero-order valence-electron chi connectivity index (χ0n) is 11.7. The Morgan fingerprint density at radius 1 is 0.875 bits per heavy atom. The molecule has 0 amide bonds. The van der Waals surface area contributed by atoms with Crippen molar-refractivity contribution in [3.05, 3.63) is 68.3 Å². The first kappa shape index (κ1) is 17.4. The molecule has 1 atom stereocenters. The van der Waals surface area contributed by atoms with E-state index >= 15 is 0 Å². The minimum atomic E-state index is -2.39. The maximum absolute atomic E-state index is 12.5. The summed E-state index contributed by atoms with van der Waals surface area (Å²) in [6, 6.07) is 8.35. The highest BCUT2D eigenvalue weighted by Crippen LogP contribution is 2.30. The molecule has 1 unspecified atom stereocenters. The fourth-order valence-electron chi connectivity index (χ4n) is 1.83. The summed E-state index contributed by atoms with van der Waals surface area (Å²) in [7, 11) is -4.34. The Balaban J connectivity index is 2.47. The van der Waals surface area contributed by atoms with Crippen LogP contribution in [0.2, 0.25) is 0 Å². The third-order valence-corrected chi connectivity index (χ3v) is 4.79. The lowest BCUT2D eigenvalue weighted by Crippen LogP contribution is -2.01. The number of rotatable bonds is 5. The minimum absolute atomic E-state index is 0.185. The third kappa shape index (κ3) is 3.88. The topological polar surface area (TPSA) is 137 Å². The molecule has 0 aliphatic carbocycles. The lowest BCUT2D eigenvalue weighted by Gasteiger charge is -2.04. The fraction of sp³-hybridized carbons (Fsp3) is 0. The maximum Gasteiger partial charge on any atom is 0.292 e. The molecule has 24 heavy (non-hydrogen) atoms. The molecule has 0 heterocycles. The van der Waals surface area contributed by atoms with Crippen molar-refractivity contribution in [1.82, 2.24) is 0 Å². The van der Waals surface area contributed by atoms with Crippen molar-refractivity contribution in [2.75, 3.05) is 0 Å². The second kappa shape index (κ2) is 7.10. The van der Waals surface area contributed by atoms with E-state index in [-0.39, 0.29) is 9.79 Å². The first-order valence-electron chi connectivity index (χ1n) is 6.17. The summed E-state index contributed by atoms with van der Waals surface area (Å²) >= 11 is 0. The third-order valence-electron chi connectivity index (χ3n) is 2.88. The van der Waals surface area contributed by atoms with Gasteiger partial charge in [0.2, 0.25) is 10.3 Å². The van der Waals surface area contributed by atoms with Gasteiger partial charge >= 0.3 is 0 Å². The Bertz CT molecular complexity index is 974. The van der Waals surface area contributed by atoms with Crippen LogP contribution in [0, 0.1) is 20.2 Å². The predicted molar refractivity (Wildman–Crippen MR) is 85.0 cm³/mol. The molecule has 2 rings (SSSR count).